The summed E-state index contributed by atoms with van der Waals surface area (Å²) < 4.78 is 0. The number of allylic oxidation sites excluding steroid dienone is 1. The highest BCUT2D eigenvalue weighted by Gasteiger charge is 1.86. The Morgan fingerprint density at radius 3 is 2.50 bits per heavy atom. The summed E-state index contributed by atoms with van der Waals surface area (Å²) in [7, 11) is 0.752. The second-order valence-electron chi connectivity index (χ2n) is 2.69. The average molecular weight is 155 g/mol. The third-order valence-electron chi connectivity index (χ3n) is 1.65. The zero-order valence-corrected chi connectivity index (χ0v) is 8.26. The van der Waals surface area contributed by atoms with Gasteiger partial charge in [-0.05, 0) is 12.8 Å². The van der Waals surface area contributed by atoms with E-state index in [9.17, 15) is 0 Å². The molecule has 0 aliphatic carbocycles. The lowest BCUT2D eigenvalue weighted by Gasteiger charge is -1.96. The van der Waals surface area contributed by atoms with Crippen LogP contribution in [0, 0.1) is 0 Å². The van der Waals surface area contributed by atoms with E-state index in [0.29, 0.717) is 0 Å². The summed E-state index contributed by atoms with van der Waals surface area (Å²) in [5, 5.41) is 0. The molecule has 0 saturated carbocycles. The quantitative estimate of drug-likeness (QED) is 0.301. The van der Waals surface area contributed by atoms with Gasteiger partial charge in [-0.2, -0.15) is 0 Å². The lowest BCUT2D eigenvalue weighted by molar-refractivity contribution is 0.673. The van der Waals surface area contributed by atoms with E-state index >= 15 is 0 Å². The molecule has 0 aromatic carbocycles. The Morgan fingerprint density at radius 2 is 1.90 bits per heavy atom. The Bertz CT molecular complexity index is 69.1. The standard InChI is InChI=1S/C9H19Si/c1-3-4-5-6-7-8-9-10-2/h3,10H,1,4-9H2,2H3. The van der Waals surface area contributed by atoms with Crippen LogP contribution in [0.15, 0.2) is 12.7 Å². The van der Waals surface area contributed by atoms with Crippen LogP contribution >= 0.6 is 0 Å². The fourth-order valence-electron chi connectivity index (χ4n) is 0.991. The van der Waals surface area contributed by atoms with Gasteiger partial charge >= 0.3 is 0 Å². The van der Waals surface area contributed by atoms with Gasteiger partial charge in [0.1, 0.15) is 0 Å². The maximum atomic E-state index is 3.70. The van der Waals surface area contributed by atoms with Crippen LogP contribution in [0.3, 0.4) is 0 Å². The predicted molar refractivity (Wildman–Crippen MR) is 51.1 cm³/mol. The van der Waals surface area contributed by atoms with Crippen molar-refractivity contribution < 1.29 is 0 Å². The number of unbranched alkanes of at least 4 members (excludes halogenated alkanes) is 4. The minimum absolute atomic E-state index is 0.752. The van der Waals surface area contributed by atoms with Crippen molar-refractivity contribution in [2.75, 3.05) is 0 Å². The molecule has 0 atom stereocenters. The first-order valence-electron chi connectivity index (χ1n) is 4.30. The van der Waals surface area contributed by atoms with Crippen molar-refractivity contribution in [2.24, 2.45) is 0 Å². The molecule has 0 bridgehead atoms. The lowest BCUT2D eigenvalue weighted by atomic mass is 10.1. The van der Waals surface area contributed by atoms with E-state index in [0.717, 1.165) is 9.52 Å². The van der Waals surface area contributed by atoms with Gasteiger partial charge in [-0.25, -0.2) is 0 Å². The summed E-state index contributed by atoms with van der Waals surface area (Å²) in [5.41, 5.74) is 0. The van der Waals surface area contributed by atoms with E-state index in [-0.39, 0.29) is 0 Å². The second-order valence-corrected chi connectivity index (χ2v) is 4.08. The molecule has 1 heteroatoms. The van der Waals surface area contributed by atoms with Gasteiger partial charge in [0.15, 0.2) is 0 Å². The Balaban J connectivity index is 2.70. The summed E-state index contributed by atoms with van der Waals surface area (Å²) >= 11 is 0. The molecule has 0 aliphatic rings. The van der Waals surface area contributed by atoms with Crippen LogP contribution in [0.1, 0.15) is 32.1 Å². The average Bonchev–Trinajstić information content (AvgIpc) is 1.97. The van der Waals surface area contributed by atoms with Crippen LogP contribution in [0.5, 0.6) is 0 Å². The first kappa shape index (κ1) is 9.96. The van der Waals surface area contributed by atoms with Crippen LogP contribution in [0.25, 0.3) is 0 Å². The molecule has 0 aliphatic heterocycles. The molecule has 0 aromatic heterocycles. The first-order valence-corrected chi connectivity index (χ1v) is 6.27. The highest BCUT2D eigenvalue weighted by molar-refractivity contribution is 6.33. The molecular formula is C9H19Si. The third-order valence-corrected chi connectivity index (χ3v) is 2.64. The molecule has 10 heavy (non-hydrogen) atoms. The van der Waals surface area contributed by atoms with E-state index < -0.39 is 0 Å². The van der Waals surface area contributed by atoms with Gasteiger partial charge in [0.05, 0.1) is 0 Å². The molecule has 0 aromatic rings. The van der Waals surface area contributed by atoms with Gasteiger partial charge in [-0.3, -0.25) is 0 Å². The monoisotopic (exact) mass is 155 g/mol. The Kier molecular flexibility index (Phi) is 8.92. The molecule has 0 amide bonds. The van der Waals surface area contributed by atoms with E-state index in [1.54, 1.807) is 0 Å². The zero-order valence-electron chi connectivity index (χ0n) is 7.10. The smallest absolute Gasteiger partial charge is 0.0246 e. The fourth-order valence-corrected chi connectivity index (χ4v) is 1.69. The number of rotatable bonds is 7. The summed E-state index contributed by atoms with van der Waals surface area (Å²) in [5.74, 6) is 0. The molecule has 0 fully saturated rings. The lowest BCUT2D eigenvalue weighted by Crippen LogP contribution is -1.81. The normalized spacial score (nSPS) is 9.70. The molecule has 0 N–H and O–H groups in total. The van der Waals surface area contributed by atoms with Gasteiger partial charge in [-0.1, -0.05) is 37.9 Å². The summed E-state index contributed by atoms with van der Waals surface area (Å²) in [6.07, 6.45) is 8.88. The topological polar surface area (TPSA) is 0 Å². The maximum absolute atomic E-state index is 3.70. The van der Waals surface area contributed by atoms with Gasteiger partial charge in [0, 0.05) is 9.52 Å². The van der Waals surface area contributed by atoms with Crippen molar-refractivity contribution in [1.29, 1.82) is 0 Å². The first-order chi connectivity index (χ1) is 4.91. The van der Waals surface area contributed by atoms with Crippen LogP contribution in [-0.2, 0) is 0 Å². The van der Waals surface area contributed by atoms with Crippen LogP contribution in [0.4, 0.5) is 0 Å². The highest BCUT2D eigenvalue weighted by Crippen LogP contribution is 2.04. The van der Waals surface area contributed by atoms with Crippen LogP contribution in [-0.4, -0.2) is 9.52 Å². The Hall–Kier alpha value is -0.0431. The SMILES string of the molecule is C=CCCCCCC[SiH]C. The number of hydrogen-bond acceptors (Lipinski definition) is 0. The second kappa shape index (κ2) is 8.96. The predicted octanol–water partition coefficient (Wildman–Crippen LogP) is 3.03. The van der Waals surface area contributed by atoms with Gasteiger partial charge in [0.2, 0.25) is 0 Å². The van der Waals surface area contributed by atoms with E-state index in [1.807, 2.05) is 6.08 Å². The maximum Gasteiger partial charge on any atom is 0.0246 e. The van der Waals surface area contributed by atoms with E-state index in [4.69, 9.17) is 0 Å². The van der Waals surface area contributed by atoms with Crippen molar-refractivity contribution in [3.05, 3.63) is 12.7 Å². The molecule has 1 radical (unpaired) electrons. The van der Waals surface area contributed by atoms with Crippen molar-refractivity contribution in [3.8, 4) is 0 Å². The Morgan fingerprint density at radius 1 is 1.20 bits per heavy atom. The largest absolute Gasteiger partial charge is 0.103 e. The molecule has 59 valence electrons. The minimum atomic E-state index is 0.752. The zero-order chi connectivity index (χ0) is 7.66. The number of hydrogen-bond donors (Lipinski definition) is 0. The van der Waals surface area contributed by atoms with E-state index in [1.165, 1.54) is 38.1 Å². The molecule has 0 spiro atoms. The summed E-state index contributed by atoms with van der Waals surface area (Å²) in [6, 6.07) is 1.49. The van der Waals surface area contributed by atoms with Crippen LogP contribution < -0.4 is 0 Å². The van der Waals surface area contributed by atoms with Gasteiger partial charge in [0.25, 0.3) is 0 Å². The molecular weight excluding hydrogens is 136 g/mol. The minimum Gasteiger partial charge on any atom is -0.103 e. The Labute approximate surface area is 67.5 Å². The van der Waals surface area contributed by atoms with Gasteiger partial charge in [-0.15, -0.1) is 6.58 Å². The van der Waals surface area contributed by atoms with E-state index in [2.05, 4.69) is 13.1 Å². The molecule has 0 rings (SSSR count). The molecule has 0 nitrogen and oxygen atoms in total. The van der Waals surface area contributed by atoms with Crippen molar-refractivity contribution in [2.45, 2.75) is 44.7 Å². The van der Waals surface area contributed by atoms with Crippen LogP contribution in [0.2, 0.25) is 12.6 Å². The third kappa shape index (κ3) is 7.96. The van der Waals surface area contributed by atoms with Crippen molar-refractivity contribution >= 4 is 9.52 Å². The highest BCUT2D eigenvalue weighted by atomic mass is 28.2. The summed E-state index contributed by atoms with van der Waals surface area (Å²) in [4.78, 5) is 0. The van der Waals surface area contributed by atoms with Crippen molar-refractivity contribution in [3.63, 3.8) is 0 Å². The molecule has 0 saturated heterocycles. The van der Waals surface area contributed by atoms with Gasteiger partial charge < -0.3 is 0 Å². The molecule has 0 unspecified atom stereocenters. The molecule has 0 heterocycles. The fraction of sp³-hybridized carbons (Fsp3) is 0.778. The van der Waals surface area contributed by atoms with Crippen molar-refractivity contribution in [1.82, 2.24) is 0 Å². The summed E-state index contributed by atoms with van der Waals surface area (Å²) in [6.45, 7) is 6.04.